The van der Waals surface area contributed by atoms with Crippen LogP contribution in [0.4, 0.5) is 0 Å². The zero-order valence-corrected chi connectivity index (χ0v) is 9.30. The van der Waals surface area contributed by atoms with Crippen LogP contribution in [-0.2, 0) is 4.74 Å². The molecule has 82 valence electrons. The number of hydrogen-bond acceptors (Lipinski definition) is 2. The van der Waals surface area contributed by atoms with Crippen LogP contribution >= 0.6 is 0 Å². The summed E-state index contributed by atoms with van der Waals surface area (Å²) < 4.78 is 5.48. The van der Waals surface area contributed by atoms with E-state index in [2.05, 4.69) is 12.2 Å². The van der Waals surface area contributed by atoms with Crippen LogP contribution in [0.5, 0.6) is 0 Å². The quantitative estimate of drug-likeness (QED) is 0.750. The van der Waals surface area contributed by atoms with Crippen LogP contribution in [0.25, 0.3) is 0 Å². The van der Waals surface area contributed by atoms with Crippen molar-refractivity contribution in [3.05, 3.63) is 0 Å². The highest BCUT2D eigenvalue weighted by Gasteiger charge is 2.24. The van der Waals surface area contributed by atoms with Gasteiger partial charge in [0.25, 0.3) is 0 Å². The first-order valence-electron chi connectivity index (χ1n) is 6.20. The number of nitrogens with one attached hydrogen (secondary N) is 1. The zero-order chi connectivity index (χ0) is 9.80. The van der Waals surface area contributed by atoms with E-state index < -0.39 is 0 Å². The minimum atomic E-state index is 0.624. The van der Waals surface area contributed by atoms with E-state index in [9.17, 15) is 0 Å². The minimum absolute atomic E-state index is 0.624. The molecule has 1 saturated heterocycles. The molecule has 2 atom stereocenters. The molecule has 1 saturated carbocycles. The second-order valence-corrected chi connectivity index (χ2v) is 4.91. The molecule has 2 nitrogen and oxygen atoms in total. The fourth-order valence-electron chi connectivity index (χ4n) is 2.84. The Morgan fingerprint density at radius 1 is 1.14 bits per heavy atom. The van der Waals surface area contributed by atoms with E-state index >= 15 is 0 Å². The fraction of sp³-hybridized carbons (Fsp3) is 1.00. The minimum Gasteiger partial charge on any atom is -0.380 e. The molecule has 0 amide bonds. The third kappa shape index (κ3) is 2.71. The van der Waals surface area contributed by atoms with Gasteiger partial charge < -0.3 is 10.1 Å². The van der Waals surface area contributed by atoms with Gasteiger partial charge in [-0.05, 0) is 38.5 Å². The SMILES string of the molecule is C[C@@H](NC1CCCOC1)C1CCCC1. The van der Waals surface area contributed by atoms with Gasteiger partial charge >= 0.3 is 0 Å². The Labute approximate surface area is 87.4 Å². The molecule has 1 aliphatic carbocycles. The molecule has 0 aromatic carbocycles. The highest BCUT2D eigenvalue weighted by atomic mass is 16.5. The largest absolute Gasteiger partial charge is 0.380 e. The van der Waals surface area contributed by atoms with Gasteiger partial charge in [0, 0.05) is 18.7 Å². The maximum Gasteiger partial charge on any atom is 0.0619 e. The highest BCUT2D eigenvalue weighted by molar-refractivity contribution is 4.81. The van der Waals surface area contributed by atoms with Gasteiger partial charge in [0.2, 0.25) is 0 Å². The molecule has 1 N–H and O–H groups in total. The topological polar surface area (TPSA) is 21.3 Å². The second-order valence-electron chi connectivity index (χ2n) is 4.91. The van der Waals surface area contributed by atoms with Crippen molar-refractivity contribution in [3.8, 4) is 0 Å². The Kier molecular flexibility index (Phi) is 3.82. The van der Waals surface area contributed by atoms with E-state index in [0.29, 0.717) is 12.1 Å². The molecule has 2 heteroatoms. The first kappa shape index (κ1) is 10.4. The van der Waals surface area contributed by atoms with Gasteiger partial charge in [0.1, 0.15) is 0 Å². The van der Waals surface area contributed by atoms with Crippen molar-refractivity contribution in [2.45, 2.75) is 57.5 Å². The van der Waals surface area contributed by atoms with Crippen LogP contribution in [-0.4, -0.2) is 25.3 Å². The Morgan fingerprint density at radius 2 is 1.93 bits per heavy atom. The maximum atomic E-state index is 5.48. The standard InChI is InChI=1S/C12H23NO/c1-10(11-5-2-3-6-11)13-12-7-4-8-14-9-12/h10-13H,2-9H2,1H3/t10-,12?/m1/s1. The van der Waals surface area contributed by atoms with Crippen molar-refractivity contribution < 1.29 is 4.74 Å². The average molecular weight is 197 g/mol. The molecule has 2 aliphatic rings. The molecule has 2 rings (SSSR count). The Hall–Kier alpha value is -0.0800. The van der Waals surface area contributed by atoms with Crippen molar-refractivity contribution in [2.24, 2.45) is 5.92 Å². The fourth-order valence-corrected chi connectivity index (χ4v) is 2.84. The molecule has 1 heterocycles. The predicted octanol–water partition coefficient (Wildman–Crippen LogP) is 2.33. The van der Waals surface area contributed by atoms with Gasteiger partial charge in [-0.1, -0.05) is 12.8 Å². The van der Waals surface area contributed by atoms with Crippen molar-refractivity contribution >= 4 is 0 Å². The Balaban J connectivity index is 1.72. The first-order chi connectivity index (χ1) is 6.86. The molecule has 2 fully saturated rings. The van der Waals surface area contributed by atoms with Gasteiger partial charge in [-0.3, -0.25) is 0 Å². The lowest BCUT2D eigenvalue weighted by Crippen LogP contribution is -2.44. The van der Waals surface area contributed by atoms with Gasteiger partial charge in [0.05, 0.1) is 6.61 Å². The lowest BCUT2D eigenvalue weighted by Gasteiger charge is -2.29. The smallest absolute Gasteiger partial charge is 0.0619 e. The van der Waals surface area contributed by atoms with Crippen LogP contribution in [0.1, 0.15) is 45.4 Å². The summed E-state index contributed by atoms with van der Waals surface area (Å²) in [6.07, 6.45) is 8.28. The third-order valence-electron chi connectivity index (χ3n) is 3.77. The van der Waals surface area contributed by atoms with Gasteiger partial charge in [-0.25, -0.2) is 0 Å². The van der Waals surface area contributed by atoms with Gasteiger partial charge in [-0.15, -0.1) is 0 Å². The van der Waals surface area contributed by atoms with E-state index in [1.54, 1.807) is 0 Å². The normalized spacial score (nSPS) is 31.9. The number of hydrogen-bond donors (Lipinski definition) is 1. The molecule has 0 spiro atoms. The van der Waals surface area contributed by atoms with E-state index in [-0.39, 0.29) is 0 Å². The summed E-state index contributed by atoms with van der Waals surface area (Å²) in [6, 6.07) is 1.32. The second kappa shape index (κ2) is 5.13. The van der Waals surface area contributed by atoms with Crippen LogP contribution < -0.4 is 5.32 Å². The van der Waals surface area contributed by atoms with E-state index in [1.807, 2.05) is 0 Å². The van der Waals surface area contributed by atoms with Crippen LogP contribution in [0, 0.1) is 5.92 Å². The zero-order valence-electron chi connectivity index (χ0n) is 9.30. The van der Waals surface area contributed by atoms with E-state index in [1.165, 1.54) is 38.5 Å². The van der Waals surface area contributed by atoms with Crippen molar-refractivity contribution in [1.82, 2.24) is 5.32 Å². The third-order valence-corrected chi connectivity index (χ3v) is 3.77. The summed E-state index contributed by atoms with van der Waals surface area (Å²) in [5.74, 6) is 0.928. The maximum absolute atomic E-state index is 5.48. The average Bonchev–Trinajstić information content (AvgIpc) is 2.72. The summed E-state index contributed by atoms with van der Waals surface area (Å²) in [6.45, 7) is 4.25. The van der Waals surface area contributed by atoms with Crippen molar-refractivity contribution in [1.29, 1.82) is 0 Å². The summed E-state index contributed by atoms with van der Waals surface area (Å²) >= 11 is 0. The van der Waals surface area contributed by atoms with Gasteiger partial charge in [-0.2, -0.15) is 0 Å². The molecular formula is C12H23NO. The molecule has 1 aliphatic heterocycles. The van der Waals surface area contributed by atoms with Crippen LogP contribution in [0.2, 0.25) is 0 Å². The summed E-state index contributed by atoms with van der Waals surface area (Å²) in [5, 5.41) is 3.74. The van der Waals surface area contributed by atoms with Gasteiger partial charge in [0.15, 0.2) is 0 Å². The molecule has 14 heavy (non-hydrogen) atoms. The summed E-state index contributed by atoms with van der Waals surface area (Å²) in [5.41, 5.74) is 0. The molecule has 1 unspecified atom stereocenters. The highest BCUT2D eigenvalue weighted by Crippen LogP contribution is 2.28. The molecular weight excluding hydrogens is 174 g/mol. The number of ether oxygens (including phenoxy) is 1. The Morgan fingerprint density at radius 3 is 2.57 bits per heavy atom. The molecule has 0 bridgehead atoms. The Bertz CT molecular complexity index is 160. The summed E-state index contributed by atoms with van der Waals surface area (Å²) in [7, 11) is 0. The number of rotatable bonds is 3. The monoisotopic (exact) mass is 197 g/mol. The predicted molar refractivity (Wildman–Crippen MR) is 58.4 cm³/mol. The van der Waals surface area contributed by atoms with Crippen LogP contribution in [0.3, 0.4) is 0 Å². The lowest BCUT2D eigenvalue weighted by atomic mass is 9.98. The molecule has 0 aromatic heterocycles. The van der Waals surface area contributed by atoms with Crippen LogP contribution in [0.15, 0.2) is 0 Å². The summed E-state index contributed by atoms with van der Waals surface area (Å²) in [4.78, 5) is 0. The van der Waals surface area contributed by atoms with E-state index in [4.69, 9.17) is 4.74 Å². The first-order valence-corrected chi connectivity index (χ1v) is 6.20. The molecule has 0 aromatic rings. The van der Waals surface area contributed by atoms with Crippen molar-refractivity contribution in [2.75, 3.05) is 13.2 Å². The van der Waals surface area contributed by atoms with E-state index in [0.717, 1.165) is 19.1 Å². The van der Waals surface area contributed by atoms with Crippen molar-refractivity contribution in [3.63, 3.8) is 0 Å². The lowest BCUT2D eigenvalue weighted by molar-refractivity contribution is 0.0642. The molecule has 0 radical (unpaired) electrons.